The first-order valence-corrected chi connectivity index (χ1v) is 5.76. The van der Waals surface area contributed by atoms with Crippen molar-refractivity contribution in [2.24, 2.45) is 5.92 Å². The van der Waals surface area contributed by atoms with E-state index in [-0.39, 0.29) is 17.9 Å². The SMILES string of the molecule is CC(C(=O)NC1CCCC1C#N)n1cncn1. The number of rotatable bonds is 3. The van der Waals surface area contributed by atoms with Crippen molar-refractivity contribution in [3.63, 3.8) is 0 Å². The van der Waals surface area contributed by atoms with Crippen LogP contribution in [-0.2, 0) is 4.79 Å². The van der Waals surface area contributed by atoms with Gasteiger partial charge in [0.2, 0.25) is 5.91 Å². The molecule has 1 aliphatic carbocycles. The minimum Gasteiger partial charge on any atom is -0.350 e. The molecule has 0 aliphatic heterocycles. The van der Waals surface area contributed by atoms with Gasteiger partial charge in [-0.25, -0.2) is 9.67 Å². The molecule has 0 aromatic carbocycles. The number of carbonyl (C=O) groups is 1. The summed E-state index contributed by atoms with van der Waals surface area (Å²) >= 11 is 0. The molecule has 3 atom stereocenters. The fraction of sp³-hybridized carbons (Fsp3) is 0.636. The summed E-state index contributed by atoms with van der Waals surface area (Å²) in [6.45, 7) is 1.76. The van der Waals surface area contributed by atoms with Crippen LogP contribution in [0.1, 0.15) is 32.2 Å². The van der Waals surface area contributed by atoms with Crippen LogP contribution in [0.25, 0.3) is 0 Å². The van der Waals surface area contributed by atoms with E-state index < -0.39 is 6.04 Å². The van der Waals surface area contributed by atoms with Crippen molar-refractivity contribution in [3.05, 3.63) is 12.7 Å². The number of hydrogen-bond donors (Lipinski definition) is 1. The molecule has 1 heterocycles. The standard InChI is InChI=1S/C11H15N5O/c1-8(16-7-13-6-14-16)11(17)15-10-4-2-3-9(10)5-12/h6-10H,2-4H2,1H3,(H,15,17). The van der Waals surface area contributed by atoms with Crippen molar-refractivity contribution < 1.29 is 4.79 Å². The molecule has 1 saturated carbocycles. The van der Waals surface area contributed by atoms with Gasteiger partial charge in [0.1, 0.15) is 18.7 Å². The van der Waals surface area contributed by atoms with Crippen molar-refractivity contribution in [3.8, 4) is 6.07 Å². The van der Waals surface area contributed by atoms with Crippen molar-refractivity contribution >= 4 is 5.91 Å². The smallest absolute Gasteiger partial charge is 0.244 e. The maximum atomic E-state index is 11.9. The number of amides is 1. The number of hydrogen-bond acceptors (Lipinski definition) is 4. The fourth-order valence-corrected chi connectivity index (χ4v) is 2.13. The zero-order chi connectivity index (χ0) is 12.3. The Balaban J connectivity index is 1.95. The van der Waals surface area contributed by atoms with E-state index in [1.54, 1.807) is 6.92 Å². The van der Waals surface area contributed by atoms with Crippen LogP contribution in [0.2, 0.25) is 0 Å². The Hall–Kier alpha value is -1.90. The fourth-order valence-electron chi connectivity index (χ4n) is 2.13. The van der Waals surface area contributed by atoms with Crippen LogP contribution in [0.3, 0.4) is 0 Å². The van der Waals surface area contributed by atoms with Crippen LogP contribution >= 0.6 is 0 Å². The van der Waals surface area contributed by atoms with Gasteiger partial charge in [0.15, 0.2) is 0 Å². The molecule has 1 amide bonds. The zero-order valence-corrected chi connectivity index (χ0v) is 9.71. The maximum absolute atomic E-state index is 11.9. The Bertz CT molecular complexity index is 422. The highest BCUT2D eigenvalue weighted by Crippen LogP contribution is 2.25. The van der Waals surface area contributed by atoms with E-state index in [0.29, 0.717) is 0 Å². The Morgan fingerprint density at radius 2 is 2.47 bits per heavy atom. The van der Waals surface area contributed by atoms with E-state index in [2.05, 4.69) is 21.5 Å². The van der Waals surface area contributed by atoms with E-state index in [0.717, 1.165) is 19.3 Å². The lowest BCUT2D eigenvalue weighted by Crippen LogP contribution is -2.40. The van der Waals surface area contributed by atoms with Crippen LogP contribution in [0.4, 0.5) is 0 Å². The summed E-state index contributed by atoms with van der Waals surface area (Å²) in [5, 5.41) is 15.8. The zero-order valence-electron chi connectivity index (χ0n) is 9.71. The second-order valence-corrected chi connectivity index (χ2v) is 4.33. The van der Waals surface area contributed by atoms with Crippen molar-refractivity contribution in [1.82, 2.24) is 20.1 Å². The number of nitriles is 1. The highest BCUT2D eigenvalue weighted by atomic mass is 16.2. The first-order chi connectivity index (χ1) is 8.22. The van der Waals surface area contributed by atoms with Gasteiger partial charge in [0.05, 0.1) is 12.0 Å². The highest BCUT2D eigenvalue weighted by Gasteiger charge is 2.29. The molecule has 1 aromatic heterocycles. The van der Waals surface area contributed by atoms with Gasteiger partial charge >= 0.3 is 0 Å². The van der Waals surface area contributed by atoms with Gasteiger partial charge < -0.3 is 5.32 Å². The number of nitrogens with one attached hydrogen (secondary N) is 1. The molecule has 2 rings (SSSR count). The molecule has 1 fully saturated rings. The largest absolute Gasteiger partial charge is 0.350 e. The Labute approximate surface area is 99.6 Å². The Kier molecular flexibility index (Phi) is 3.38. The first-order valence-electron chi connectivity index (χ1n) is 5.76. The van der Waals surface area contributed by atoms with E-state index >= 15 is 0 Å². The molecule has 1 aromatic rings. The van der Waals surface area contributed by atoms with Gasteiger partial charge in [-0.2, -0.15) is 10.4 Å². The van der Waals surface area contributed by atoms with Gasteiger partial charge in [-0.1, -0.05) is 0 Å². The molecule has 6 heteroatoms. The van der Waals surface area contributed by atoms with E-state index in [9.17, 15) is 4.79 Å². The highest BCUT2D eigenvalue weighted by molar-refractivity contribution is 5.80. The molecule has 17 heavy (non-hydrogen) atoms. The summed E-state index contributed by atoms with van der Waals surface area (Å²) in [7, 11) is 0. The third-order valence-corrected chi connectivity index (χ3v) is 3.22. The number of nitrogens with zero attached hydrogens (tertiary/aromatic N) is 4. The van der Waals surface area contributed by atoms with Crippen LogP contribution in [0.15, 0.2) is 12.7 Å². The third-order valence-electron chi connectivity index (χ3n) is 3.22. The summed E-state index contributed by atoms with van der Waals surface area (Å²) in [5.74, 6) is -0.162. The maximum Gasteiger partial charge on any atom is 0.244 e. The lowest BCUT2D eigenvalue weighted by atomic mass is 10.1. The van der Waals surface area contributed by atoms with Gasteiger partial charge in [-0.05, 0) is 26.2 Å². The van der Waals surface area contributed by atoms with E-state index in [1.165, 1.54) is 17.3 Å². The second-order valence-electron chi connectivity index (χ2n) is 4.33. The summed E-state index contributed by atoms with van der Waals surface area (Å²) < 4.78 is 1.51. The summed E-state index contributed by atoms with van der Waals surface area (Å²) in [6, 6.07) is 1.84. The number of carbonyl (C=O) groups excluding carboxylic acids is 1. The van der Waals surface area contributed by atoms with Crippen molar-refractivity contribution in [2.45, 2.75) is 38.3 Å². The van der Waals surface area contributed by atoms with Crippen LogP contribution < -0.4 is 5.32 Å². The van der Waals surface area contributed by atoms with Crippen LogP contribution in [0, 0.1) is 17.2 Å². The number of aromatic nitrogens is 3. The predicted octanol–water partition coefficient (Wildman–Crippen LogP) is 0.648. The molecule has 1 N–H and O–H groups in total. The molecular formula is C11H15N5O. The second kappa shape index (κ2) is 4.95. The topological polar surface area (TPSA) is 83.6 Å². The minimum atomic E-state index is -0.391. The van der Waals surface area contributed by atoms with Crippen molar-refractivity contribution in [1.29, 1.82) is 5.26 Å². The van der Waals surface area contributed by atoms with Gasteiger partial charge in [0, 0.05) is 6.04 Å². The summed E-state index contributed by atoms with van der Waals surface area (Å²) in [5.41, 5.74) is 0. The van der Waals surface area contributed by atoms with Gasteiger partial charge in [0.25, 0.3) is 0 Å². The van der Waals surface area contributed by atoms with E-state index in [4.69, 9.17) is 5.26 Å². The lowest BCUT2D eigenvalue weighted by Gasteiger charge is -2.18. The molecular weight excluding hydrogens is 218 g/mol. The molecule has 0 radical (unpaired) electrons. The predicted molar refractivity (Wildman–Crippen MR) is 59.6 cm³/mol. The summed E-state index contributed by atoms with van der Waals surface area (Å²) in [4.78, 5) is 15.8. The van der Waals surface area contributed by atoms with Gasteiger partial charge in [-0.15, -0.1) is 0 Å². The molecule has 90 valence electrons. The molecule has 6 nitrogen and oxygen atoms in total. The molecule has 3 unspecified atom stereocenters. The molecule has 0 bridgehead atoms. The van der Waals surface area contributed by atoms with E-state index in [1.807, 2.05) is 0 Å². The van der Waals surface area contributed by atoms with Crippen LogP contribution in [0.5, 0.6) is 0 Å². The lowest BCUT2D eigenvalue weighted by molar-refractivity contribution is -0.125. The average molecular weight is 233 g/mol. The molecule has 1 aliphatic rings. The first kappa shape index (κ1) is 11.6. The van der Waals surface area contributed by atoms with Crippen molar-refractivity contribution in [2.75, 3.05) is 0 Å². The summed E-state index contributed by atoms with van der Waals surface area (Å²) in [6.07, 6.45) is 5.67. The Morgan fingerprint density at radius 1 is 1.65 bits per heavy atom. The van der Waals surface area contributed by atoms with Gasteiger partial charge in [-0.3, -0.25) is 4.79 Å². The third kappa shape index (κ3) is 2.44. The van der Waals surface area contributed by atoms with Crippen LogP contribution in [-0.4, -0.2) is 26.7 Å². The Morgan fingerprint density at radius 3 is 3.12 bits per heavy atom. The molecule has 0 spiro atoms. The average Bonchev–Trinajstić information content (AvgIpc) is 2.98. The quantitative estimate of drug-likeness (QED) is 0.830. The monoisotopic (exact) mass is 233 g/mol. The normalized spacial score (nSPS) is 25.2. The molecule has 0 saturated heterocycles. The minimum absolute atomic E-state index is 0.0153.